The van der Waals surface area contributed by atoms with Crippen LogP contribution in [0.25, 0.3) is 0 Å². The normalized spacial score (nSPS) is 23.9. The zero-order chi connectivity index (χ0) is 14.6. The lowest BCUT2D eigenvalue weighted by atomic mass is 9.92. The van der Waals surface area contributed by atoms with E-state index in [0.717, 1.165) is 38.6 Å². The molecule has 0 atom stereocenters. The van der Waals surface area contributed by atoms with Crippen LogP contribution in [0.15, 0.2) is 11.1 Å². The Balaban J connectivity index is 1.88. The molecule has 1 heterocycles. The third-order valence-electron chi connectivity index (χ3n) is 3.81. The van der Waals surface area contributed by atoms with E-state index in [4.69, 9.17) is 0 Å². The Morgan fingerprint density at radius 2 is 1.95 bits per heavy atom. The molecule has 3 N–H and O–H groups in total. The lowest BCUT2D eigenvalue weighted by Gasteiger charge is -2.29. The summed E-state index contributed by atoms with van der Waals surface area (Å²) in [7, 11) is -3.45. The molecule has 1 aromatic heterocycles. The van der Waals surface area contributed by atoms with E-state index in [9.17, 15) is 8.42 Å². The number of H-pyrrole nitrogens is 1. The largest absolute Gasteiger partial charge is 0.314 e. The number of aryl methyl sites for hydroxylation is 1. The molecule has 1 aromatic rings. The summed E-state index contributed by atoms with van der Waals surface area (Å²) >= 11 is 0. The minimum atomic E-state index is -3.45. The highest BCUT2D eigenvalue weighted by Crippen LogP contribution is 2.21. The van der Waals surface area contributed by atoms with E-state index in [1.807, 2.05) is 0 Å². The molecule has 20 heavy (non-hydrogen) atoms. The van der Waals surface area contributed by atoms with Crippen LogP contribution in [-0.2, 0) is 10.0 Å². The minimum absolute atomic E-state index is 0.0361. The molecule has 1 fully saturated rings. The Kier molecular flexibility index (Phi) is 5.17. The van der Waals surface area contributed by atoms with Gasteiger partial charge in [-0.1, -0.05) is 6.92 Å². The molecule has 7 heteroatoms. The summed E-state index contributed by atoms with van der Waals surface area (Å²) in [5, 5.41) is 9.93. The van der Waals surface area contributed by atoms with Crippen molar-refractivity contribution in [2.75, 3.05) is 6.54 Å². The summed E-state index contributed by atoms with van der Waals surface area (Å²) in [6.45, 7) is 4.91. The van der Waals surface area contributed by atoms with Crippen molar-refractivity contribution in [3.05, 3.63) is 11.9 Å². The number of hydrogen-bond donors (Lipinski definition) is 3. The van der Waals surface area contributed by atoms with Crippen molar-refractivity contribution >= 4 is 10.0 Å². The second kappa shape index (κ2) is 6.69. The highest BCUT2D eigenvalue weighted by Gasteiger charge is 2.26. The molecule has 0 saturated heterocycles. The summed E-state index contributed by atoms with van der Waals surface area (Å²) in [5.41, 5.74) is 0.579. The van der Waals surface area contributed by atoms with Crippen LogP contribution in [0.1, 0.15) is 44.7 Å². The van der Waals surface area contributed by atoms with E-state index in [2.05, 4.69) is 27.2 Å². The van der Waals surface area contributed by atoms with E-state index in [1.165, 1.54) is 6.20 Å². The van der Waals surface area contributed by atoms with Gasteiger partial charge in [-0.3, -0.25) is 5.10 Å². The maximum atomic E-state index is 12.2. The van der Waals surface area contributed by atoms with Crippen LogP contribution in [0, 0.1) is 6.92 Å². The van der Waals surface area contributed by atoms with Crippen molar-refractivity contribution in [3.8, 4) is 0 Å². The quantitative estimate of drug-likeness (QED) is 0.739. The summed E-state index contributed by atoms with van der Waals surface area (Å²) in [6, 6.07) is 0.570. The van der Waals surface area contributed by atoms with E-state index >= 15 is 0 Å². The predicted molar refractivity (Wildman–Crippen MR) is 78.0 cm³/mol. The maximum absolute atomic E-state index is 12.2. The van der Waals surface area contributed by atoms with Gasteiger partial charge in [0, 0.05) is 12.1 Å². The topological polar surface area (TPSA) is 86.9 Å². The van der Waals surface area contributed by atoms with E-state index in [-0.39, 0.29) is 10.9 Å². The molecule has 0 radical (unpaired) electrons. The highest BCUT2D eigenvalue weighted by molar-refractivity contribution is 7.89. The van der Waals surface area contributed by atoms with Crippen LogP contribution in [0.4, 0.5) is 0 Å². The van der Waals surface area contributed by atoms with Gasteiger partial charge >= 0.3 is 0 Å². The molecule has 1 saturated carbocycles. The minimum Gasteiger partial charge on any atom is -0.314 e. The molecular formula is C13H24N4O2S. The van der Waals surface area contributed by atoms with E-state index in [1.54, 1.807) is 6.92 Å². The number of aromatic nitrogens is 2. The average molecular weight is 300 g/mol. The van der Waals surface area contributed by atoms with Gasteiger partial charge < -0.3 is 5.32 Å². The highest BCUT2D eigenvalue weighted by atomic mass is 32.2. The molecule has 0 aliphatic heterocycles. The Labute approximate surface area is 120 Å². The van der Waals surface area contributed by atoms with Gasteiger partial charge in [-0.15, -0.1) is 0 Å². The summed E-state index contributed by atoms with van der Waals surface area (Å²) in [6.07, 6.45) is 6.32. The monoisotopic (exact) mass is 300 g/mol. The van der Waals surface area contributed by atoms with Gasteiger partial charge in [0.15, 0.2) is 0 Å². The lowest BCUT2D eigenvalue weighted by molar-refractivity contribution is 0.330. The number of sulfonamides is 1. The van der Waals surface area contributed by atoms with Crippen molar-refractivity contribution in [2.24, 2.45) is 0 Å². The molecule has 114 valence electrons. The fraction of sp³-hybridized carbons (Fsp3) is 0.769. The van der Waals surface area contributed by atoms with Crippen LogP contribution >= 0.6 is 0 Å². The van der Waals surface area contributed by atoms with Crippen LogP contribution < -0.4 is 10.0 Å². The van der Waals surface area contributed by atoms with Gasteiger partial charge in [0.1, 0.15) is 4.90 Å². The molecule has 0 bridgehead atoms. The molecule has 6 nitrogen and oxygen atoms in total. The molecular weight excluding hydrogens is 276 g/mol. The zero-order valence-electron chi connectivity index (χ0n) is 12.1. The van der Waals surface area contributed by atoms with Gasteiger partial charge in [-0.05, 0) is 45.6 Å². The van der Waals surface area contributed by atoms with Crippen LogP contribution in [0.5, 0.6) is 0 Å². The first-order valence-corrected chi connectivity index (χ1v) is 8.77. The van der Waals surface area contributed by atoms with Crippen LogP contribution in [0.2, 0.25) is 0 Å². The first-order valence-electron chi connectivity index (χ1n) is 7.28. The molecule has 1 aliphatic rings. The second-order valence-corrected chi connectivity index (χ2v) is 7.17. The number of nitrogens with zero attached hydrogens (tertiary/aromatic N) is 1. The van der Waals surface area contributed by atoms with Crippen molar-refractivity contribution in [1.82, 2.24) is 20.2 Å². The smallest absolute Gasteiger partial charge is 0.244 e. The Morgan fingerprint density at radius 1 is 1.30 bits per heavy atom. The number of hydrogen-bond acceptors (Lipinski definition) is 4. The standard InChI is InChI=1S/C13H24N4O2S/c1-3-8-14-11-4-6-12(7-5-11)17-20(18,19)13-9-15-16-10(13)2/h9,11-12,14,17H,3-8H2,1-2H3,(H,15,16). The third-order valence-corrected chi connectivity index (χ3v) is 5.44. The fourth-order valence-corrected chi connectivity index (χ4v) is 4.10. The molecule has 0 amide bonds. The van der Waals surface area contributed by atoms with Gasteiger partial charge in [-0.25, -0.2) is 13.1 Å². The van der Waals surface area contributed by atoms with Crippen LogP contribution in [0.3, 0.4) is 0 Å². The summed E-state index contributed by atoms with van der Waals surface area (Å²) < 4.78 is 27.3. The number of nitrogens with one attached hydrogen (secondary N) is 3. The number of rotatable bonds is 6. The summed E-state index contributed by atoms with van der Waals surface area (Å²) in [5.74, 6) is 0. The van der Waals surface area contributed by atoms with Crippen molar-refractivity contribution in [2.45, 2.75) is 62.9 Å². The van der Waals surface area contributed by atoms with Crippen molar-refractivity contribution in [3.63, 3.8) is 0 Å². The van der Waals surface area contributed by atoms with Crippen molar-refractivity contribution < 1.29 is 8.42 Å². The SMILES string of the molecule is CCCNC1CCC(NS(=O)(=O)c2cn[nH]c2C)CC1. The van der Waals surface area contributed by atoms with E-state index < -0.39 is 10.0 Å². The molecule has 2 rings (SSSR count). The molecule has 0 unspecified atom stereocenters. The Morgan fingerprint density at radius 3 is 2.50 bits per heavy atom. The molecule has 0 spiro atoms. The van der Waals surface area contributed by atoms with Gasteiger partial charge in [-0.2, -0.15) is 5.10 Å². The summed E-state index contributed by atoms with van der Waals surface area (Å²) in [4.78, 5) is 0.253. The van der Waals surface area contributed by atoms with Gasteiger partial charge in [0.25, 0.3) is 0 Å². The first kappa shape index (κ1) is 15.5. The van der Waals surface area contributed by atoms with E-state index in [0.29, 0.717) is 11.7 Å². The van der Waals surface area contributed by atoms with Gasteiger partial charge in [0.2, 0.25) is 10.0 Å². The number of aromatic amines is 1. The van der Waals surface area contributed by atoms with Crippen molar-refractivity contribution in [1.29, 1.82) is 0 Å². The average Bonchev–Trinajstić information content (AvgIpc) is 2.85. The zero-order valence-corrected chi connectivity index (χ0v) is 13.0. The van der Waals surface area contributed by atoms with Crippen LogP contribution in [-0.4, -0.2) is 37.2 Å². The third kappa shape index (κ3) is 3.80. The second-order valence-electron chi connectivity index (χ2n) is 5.48. The van der Waals surface area contributed by atoms with Gasteiger partial charge in [0.05, 0.1) is 11.9 Å². The maximum Gasteiger partial charge on any atom is 0.244 e. The predicted octanol–water partition coefficient (Wildman–Crippen LogP) is 1.31. The Bertz CT molecular complexity index is 518. The Hall–Kier alpha value is -0.920. The first-order chi connectivity index (χ1) is 9.53. The fourth-order valence-electron chi connectivity index (χ4n) is 2.66. The molecule has 1 aliphatic carbocycles. The lowest BCUT2D eigenvalue weighted by Crippen LogP contribution is -2.42. The molecule has 0 aromatic carbocycles.